The van der Waals surface area contributed by atoms with Gasteiger partial charge < -0.3 is 15.0 Å². The summed E-state index contributed by atoms with van der Waals surface area (Å²) in [6.07, 6.45) is -0.267. The molecule has 2 heterocycles. The molecule has 1 fully saturated rings. The molecule has 2 aromatic rings. The summed E-state index contributed by atoms with van der Waals surface area (Å²) in [5, 5.41) is 10.9. The number of hydrogen-bond donors (Lipinski definition) is 2. The van der Waals surface area contributed by atoms with Crippen LogP contribution in [0, 0.1) is 0 Å². The average Bonchev–Trinajstić information content (AvgIpc) is 3.04. The number of nitrogens with zero attached hydrogens (tertiary/aromatic N) is 2. The van der Waals surface area contributed by atoms with Gasteiger partial charge in [-0.05, 0) is 26.8 Å². The molecule has 1 atom stereocenters. The van der Waals surface area contributed by atoms with Crippen LogP contribution >= 0.6 is 0 Å². The molecule has 0 radical (unpaired) electrons. The first-order valence-electron chi connectivity index (χ1n) is 8.24. The van der Waals surface area contributed by atoms with Gasteiger partial charge in [-0.3, -0.25) is 5.10 Å². The van der Waals surface area contributed by atoms with Crippen LogP contribution in [0.4, 0.5) is 4.79 Å². The molecule has 0 spiro atoms. The van der Waals surface area contributed by atoms with Gasteiger partial charge in [-0.15, -0.1) is 0 Å². The number of amides is 1. The van der Waals surface area contributed by atoms with Crippen LogP contribution < -0.4 is 5.32 Å². The molecule has 1 aliphatic heterocycles. The van der Waals surface area contributed by atoms with Gasteiger partial charge in [-0.2, -0.15) is 5.10 Å². The third-order valence-corrected chi connectivity index (χ3v) is 3.87. The maximum absolute atomic E-state index is 12.3. The predicted molar refractivity (Wildman–Crippen MR) is 92.6 cm³/mol. The Kier molecular flexibility index (Phi) is 4.57. The summed E-state index contributed by atoms with van der Waals surface area (Å²) in [6.45, 7) is 7.57. The quantitative estimate of drug-likeness (QED) is 0.889. The Labute approximate surface area is 142 Å². The fourth-order valence-corrected chi connectivity index (χ4v) is 2.72. The second kappa shape index (κ2) is 6.65. The van der Waals surface area contributed by atoms with Gasteiger partial charge in [0.15, 0.2) is 0 Å². The summed E-state index contributed by atoms with van der Waals surface area (Å²) < 4.78 is 5.47. The zero-order valence-electron chi connectivity index (χ0n) is 14.4. The minimum Gasteiger partial charge on any atom is -0.444 e. The van der Waals surface area contributed by atoms with Crippen molar-refractivity contribution in [3.63, 3.8) is 0 Å². The van der Waals surface area contributed by atoms with Crippen LogP contribution in [0.25, 0.3) is 11.3 Å². The molecule has 6 nitrogen and oxygen atoms in total. The van der Waals surface area contributed by atoms with Gasteiger partial charge in [0.2, 0.25) is 0 Å². The molecule has 128 valence electrons. The molecule has 1 aromatic heterocycles. The average molecular weight is 328 g/mol. The topological polar surface area (TPSA) is 70.2 Å². The number of aromatic nitrogens is 2. The summed E-state index contributed by atoms with van der Waals surface area (Å²) in [5.41, 5.74) is 2.47. The first kappa shape index (κ1) is 16.5. The van der Waals surface area contributed by atoms with E-state index in [1.54, 1.807) is 4.90 Å². The lowest BCUT2D eigenvalue weighted by molar-refractivity contribution is 0.0194. The molecule has 1 amide bonds. The van der Waals surface area contributed by atoms with E-state index in [4.69, 9.17) is 4.74 Å². The minimum absolute atomic E-state index is 0.0243. The normalized spacial score (nSPS) is 18.5. The fourth-order valence-electron chi connectivity index (χ4n) is 2.72. The molecule has 6 heteroatoms. The Morgan fingerprint density at radius 1 is 1.29 bits per heavy atom. The van der Waals surface area contributed by atoms with Crippen molar-refractivity contribution in [2.45, 2.75) is 32.4 Å². The van der Waals surface area contributed by atoms with Gasteiger partial charge in [-0.25, -0.2) is 4.79 Å². The van der Waals surface area contributed by atoms with Crippen molar-refractivity contribution in [1.82, 2.24) is 20.4 Å². The van der Waals surface area contributed by atoms with Crippen LogP contribution in [0.15, 0.2) is 36.4 Å². The van der Waals surface area contributed by atoms with Crippen LogP contribution in [-0.2, 0) is 4.74 Å². The van der Waals surface area contributed by atoms with Crippen LogP contribution in [0.1, 0.15) is 32.5 Å². The lowest BCUT2D eigenvalue weighted by Gasteiger charge is -2.34. The Hall–Kier alpha value is -2.34. The van der Waals surface area contributed by atoms with E-state index in [2.05, 4.69) is 15.5 Å². The zero-order chi connectivity index (χ0) is 17.2. The molecule has 24 heavy (non-hydrogen) atoms. The van der Waals surface area contributed by atoms with E-state index < -0.39 is 5.60 Å². The highest BCUT2D eigenvalue weighted by Gasteiger charge is 2.28. The summed E-state index contributed by atoms with van der Waals surface area (Å²) in [6, 6.07) is 12.1. The summed E-state index contributed by atoms with van der Waals surface area (Å²) in [7, 11) is 0. The van der Waals surface area contributed by atoms with Crippen LogP contribution in [0.3, 0.4) is 0 Å². The molecule has 1 aromatic carbocycles. The number of benzene rings is 1. The Morgan fingerprint density at radius 3 is 2.75 bits per heavy atom. The number of H-pyrrole nitrogens is 1. The van der Waals surface area contributed by atoms with Crippen molar-refractivity contribution in [3.8, 4) is 11.3 Å². The highest BCUT2D eigenvalue weighted by molar-refractivity contribution is 5.68. The van der Waals surface area contributed by atoms with Gasteiger partial charge in [0.25, 0.3) is 0 Å². The number of nitrogens with one attached hydrogen (secondary N) is 2. The maximum atomic E-state index is 12.3. The zero-order valence-corrected chi connectivity index (χ0v) is 14.4. The number of rotatable bonds is 2. The minimum atomic E-state index is -0.480. The summed E-state index contributed by atoms with van der Waals surface area (Å²) in [4.78, 5) is 14.0. The van der Waals surface area contributed by atoms with Crippen molar-refractivity contribution in [2.75, 3.05) is 19.6 Å². The fraction of sp³-hybridized carbons (Fsp3) is 0.444. The lowest BCUT2D eigenvalue weighted by Crippen LogP contribution is -2.49. The van der Waals surface area contributed by atoms with E-state index >= 15 is 0 Å². The van der Waals surface area contributed by atoms with E-state index in [0.717, 1.165) is 23.5 Å². The Bertz CT molecular complexity index is 691. The predicted octanol–water partition coefficient (Wildman–Crippen LogP) is 2.96. The van der Waals surface area contributed by atoms with Crippen molar-refractivity contribution >= 4 is 6.09 Å². The summed E-state index contributed by atoms with van der Waals surface area (Å²) >= 11 is 0. The van der Waals surface area contributed by atoms with Gasteiger partial charge in [-0.1, -0.05) is 30.3 Å². The molecular weight excluding hydrogens is 304 g/mol. The second-order valence-corrected chi connectivity index (χ2v) is 7.01. The second-order valence-electron chi connectivity index (χ2n) is 7.01. The van der Waals surface area contributed by atoms with Crippen molar-refractivity contribution < 1.29 is 9.53 Å². The molecule has 0 aliphatic carbocycles. The largest absolute Gasteiger partial charge is 0.444 e. The van der Waals surface area contributed by atoms with Crippen LogP contribution in [-0.4, -0.2) is 46.4 Å². The van der Waals surface area contributed by atoms with E-state index in [9.17, 15) is 4.79 Å². The molecule has 1 saturated heterocycles. The van der Waals surface area contributed by atoms with Gasteiger partial charge >= 0.3 is 6.09 Å². The van der Waals surface area contributed by atoms with Crippen molar-refractivity contribution in [1.29, 1.82) is 0 Å². The number of piperazine rings is 1. The number of hydrogen-bond acceptors (Lipinski definition) is 4. The number of ether oxygens (including phenoxy) is 1. The van der Waals surface area contributed by atoms with Crippen molar-refractivity contribution in [2.24, 2.45) is 0 Å². The molecule has 1 unspecified atom stereocenters. The Morgan fingerprint density at radius 2 is 2.04 bits per heavy atom. The van der Waals surface area contributed by atoms with Gasteiger partial charge in [0.05, 0.1) is 17.4 Å². The lowest BCUT2D eigenvalue weighted by atomic mass is 10.1. The smallest absolute Gasteiger partial charge is 0.410 e. The van der Waals surface area contributed by atoms with Crippen molar-refractivity contribution in [3.05, 3.63) is 42.1 Å². The summed E-state index contributed by atoms with van der Waals surface area (Å²) in [5.74, 6) is 0. The highest BCUT2D eigenvalue weighted by Crippen LogP contribution is 2.23. The third kappa shape index (κ3) is 3.94. The SMILES string of the molecule is CC(C)(C)OC(=O)N1CCNC(c2cc(-c3ccccc3)n[nH]2)C1. The van der Waals surface area contributed by atoms with E-state index in [0.29, 0.717) is 13.1 Å². The van der Waals surface area contributed by atoms with E-state index in [-0.39, 0.29) is 12.1 Å². The first-order chi connectivity index (χ1) is 11.4. The van der Waals surface area contributed by atoms with Gasteiger partial charge in [0.1, 0.15) is 5.60 Å². The van der Waals surface area contributed by atoms with Crippen LogP contribution in [0.2, 0.25) is 0 Å². The highest BCUT2D eigenvalue weighted by atomic mass is 16.6. The number of carbonyl (C=O) groups excluding carboxylic acids is 1. The number of aromatic amines is 1. The number of carbonyl (C=O) groups is 1. The molecule has 1 aliphatic rings. The standard InChI is InChI=1S/C18H24N4O2/c1-18(2,3)24-17(23)22-10-9-19-16(12-22)15-11-14(20-21-15)13-7-5-4-6-8-13/h4-8,11,16,19H,9-10,12H2,1-3H3,(H,20,21). The monoisotopic (exact) mass is 328 g/mol. The molecule has 0 bridgehead atoms. The third-order valence-electron chi connectivity index (χ3n) is 3.87. The Balaban J connectivity index is 1.69. The molecular formula is C18H24N4O2. The van der Waals surface area contributed by atoms with Gasteiger partial charge in [0, 0.05) is 25.2 Å². The molecule has 2 N–H and O–H groups in total. The van der Waals surface area contributed by atoms with E-state index in [1.165, 1.54) is 0 Å². The maximum Gasteiger partial charge on any atom is 0.410 e. The molecule has 0 saturated carbocycles. The van der Waals surface area contributed by atoms with Crippen LogP contribution in [0.5, 0.6) is 0 Å². The first-order valence-corrected chi connectivity index (χ1v) is 8.24. The van der Waals surface area contributed by atoms with E-state index in [1.807, 2.05) is 57.2 Å². The molecule has 3 rings (SSSR count).